The van der Waals surface area contributed by atoms with Gasteiger partial charge in [0.15, 0.2) is 0 Å². The second kappa shape index (κ2) is 10.7. The molecule has 5 nitrogen and oxygen atoms in total. The van der Waals surface area contributed by atoms with Gasteiger partial charge in [-0.1, -0.05) is 31.5 Å². The van der Waals surface area contributed by atoms with E-state index in [4.69, 9.17) is 9.15 Å². The molecule has 0 aliphatic carbocycles. The molecule has 0 bridgehead atoms. The monoisotopic (exact) mass is 451 g/mol. The predicted molar refractivity (Wildman–Crippen MR) is 130 cm³/mol. The zero-order valence-electron chi connectivity index (χ0n) is 17.8. The molecule has 0 atom stereocenters. The highest BCUT2D eigenvalue weighted by Crippen LogP contribution is 2.30. The van der Waals surface area contributed by atoms with Gasteiger partial charge in [0.1, 0.15) is 22.8 Å². The molecule has 1 heterocycles. The molecular formula is C26H26ClNO4. The fourth-order valence-corrected chi connectivity index (χ4v) is 3.54. The Bertz CT molecular complexity index is 1220. The van der Waals surface area contributed by atoms with Gasteiger partial charge in [-0.2, -0.15) is 0 Å². The number of phenolic OH excluding ortho intramolecular Hbond substituents is 1. The first-order chi connectivity index (χ1) is 15.1. The summed E-state index contributed by atoms with van der Waals surface area (Å²) in [4.78, 5) is 12.1. The van der Waals surface area contributed by atoms with Crippen LogP contribution < -0.4 is 15.7 Å². The van der Waals surface area contributed by atoms with Crippen LogP contribution >= 0.6 is 12.4 Å². The summed E-state index contributed by atoms with van der Waals surface area (Å²) in [6, 6.07) is 22.2. The number of halogens is 1. The molecule has 0 fully saturated rings. The van der Waals surface area contributed by atoms with E-state index in [0.29, 0.717) is 17.7 Å². The smallest absolute Gasteiger partial charge is 0.336 e. The van der Waals surface area contributed by atoms with Crippen molar-refractivity contribution in [2.75, 3.05) is 5.32 Å². The number of benzene rings is 3. The summed E-state index contributed by atoms with van der Waals surface area (Å²) in [6.45, 7) is 2.44. The minimum absolute atomic E-state index is 0. The normalized spacial score (nSPS) is 10.5. The Morgan fingerprint density at radius 2 is 1.69 bits per heavy atom. The second-order valence-electron chi connectivity index (χ2n) is 7.43. The Morgan fingerprint density at radius 3 is 2.41 bits per heavy atom. The first-order valence-electron chi connectivity index (χ1n) is 10.5. The second-order valence-corrected chi connectivity index (χ2v) is 7.43. The van der Waals surface area contributed by atoms with Gasteiger partial charge in [-0.3, -0.25) is 0 Å². The summed E-state index contributed by atoms with van der Waals surface area (Å²) in [7, 11) is 0. The zero-order chi connectivity index (χ0) is 21.6. The molecule has 4 aromatic rings. The average molecular weight is 452 g/mol. The number of hydrogen-bond acceptors (Lipinski definition) is 5. The molecule has 2 N–H and O–H groups in total. The highest BCUT2D eigenvalue weighted by molar-refractivity contribution is 5.85. The highest BCUT2D eigenvalue weighted by atomic mass is 35.5. The van der Waals surface area contributed by atoms with Crippen molar-refractivity contribution < 1.29 is 14.3 Å². The van der Waals surface area contributed by atoms with Crippen molar-refractivity contribution in [3.05, 3.63) is 94.3 Å². The van der Waals surface area contributed by atoms with E-state index in [2.05, 4.69) is 12.2 Å². The van der Waals surface area contributed by atoms with Gasteiger partial charge in [-0.25, -0.2) is 4.79 Å². The lowest BCUT2D eigenvalue weighted by Gasteiger charge is -2.13. The van der Waals surface area contributed by atoms with Gasteiger partial charge in [0.2, 0.25) is 0 Å². The first-order valence-corrected chi connectivity index (χ1v) is 10.5. The van der Waals surface area contributed by atoms with Gasteiger partial charge < -0.3 is 19.6 Å². The molecule has 0 unspecified atom stereocenters. The van der Waals surface area contributed by atoms with E-state index in [1.165, 1.54) is 0 Å². The Hall–Kier alpha value is -3.44. The van der Waals surface area contributed by atoms with Crippen molar-refractivity contribution in [3.63, 3.8) is 0 Å². The van der Waals surface area contributed by atoms with Crippen LogP contribution in [0.4, 0.5) is 5.69 Å². The van der Waals surface area contributed by atoms with Gasteiger partial charge >= 0.3 is 5.63 Å². The minimum atomic E-state index is -0.395. The predicted octanol–water partition coefficient (Wildman–Crippen LogP) is 6.67. The Labute approximate surface area is 193 Å². The maximum atomic E-state index is 12.1. The van der Waals surface area contributed by atoms with Gasteiger partial charge in [0, 0.05) is 23.7 Å². The minimum Gasteiger partial charge on any atom is -0.507 e. The number of nitrogens with one attached hydrogen (secondary N) is 1. The van der Waals surface area contributed by atoms with E-state index < -0.39 is 5.63 Å². The van der Waals surface area contributed by atoms with E-state index in [1.807, 2.05) is 60.7 Å². The standard InChI is InChI=1S/C26H25NO4.ClH/c1-2-3-7-18-16-25(29)31-26-22(18)14-15-24(28)23(26)17-27-19-10-12-21(13-11-19)30-20-8-5-4-6-9-20;/h4-6,8-16,27-28H,2-3,7,17H2,1H3;1H. The molecule has 0 aliphatic rings. The van der Waals surface area contributed by atoms with Crippen LogP contribution in [0.25, 0.3) is 11.0 Å². The molecule has 0 amide bonds. The van der Waals surface area contributed by atoms with Crippen LogP contribution in [0.3, 0.4) is 0 Å². The summed E-state index contributed by atoms with van der Waals surface area (Å²) in [5, 5.41) is 14.6. The molecule has 32 heavy (non-hydrogen) atoms. The topological polar surface area (TPSA) is 71.7 Å². The molecule has 0 radical (unpaired) electrons. The fraction of sp³-hybridized carbons (Fsp3) is 0.192. The van der Waals surface area contributed by atoms with Crippen LogP contribution in [0.15, 0.2) is 82.0 Å². The van der Waals surface area contributed by atoms with Crippen LogP contribution in [0.1, 0.15) is 30.9 Å². The van der Waals surface area contributed by atoms with E-state index in [-0.39, 0.29) is 18.2 Å². The van der Waals surface area contributed by atoms with Gasteiger partial charge in [0.25, 0.3) is 0 Å². The number of rotatable bonds is 8. The molecule has 0 aliphatic heterocycles. The van der Waals surface area contributed by atoms with Crippen LogP contribution in [0, 0.1) is 0 Å². The number of aryl methyl sites for hydroxylation is 1. The molecule has 6 heteroatoms. The summed E-state index contributed by atoms with van der Waals surface area (Å²) in [6.07, 6.45) is 2.84. The van der Waals surface area contributed by atoms with Crippen molar-refractivity contribution in [1.29, 1.82) is 0 Å². The number of hydrogen-bond donors (Lipinski definition) is 2. The van der Waals surface area contributed by atoms with Crippen LogP contribution in [0.5, 0.6) is 17.2 Å². The summed E-state index contributed by atoms with van der Waals surface area (Å²) < 4.78 is 11.3. The third-order valence-corrected chi connectivity index (χ3v) is 5.18. The molecule has 3 aromatic carbocycles. The summed E-state index contributed by atoms with van der Waals surface area (Å²) >= 11 is 0. The Balaban J connectivity index is 0.00000289. The quantitative estimate of drug-likeness (QED) is 0.293. The number of unbranched alkanes of at least 4 members (excludes halogenated alkanes) is 1. The Morgan fingerprint density at radius 1 is 0.969 bits per heavy atom. The van der Waals surface area contributed by atoms with Crippen molar-refractivity contribution >= 4 is 29.1 Å². The van der Waals surface area contributed by atoms with Crippen molar-refractivity contribution in [3.8, 4) is 17.2 Å². The molecule has 0 saturated carbocycles. The third kappa shape index (κ3) is 5.42. The van der Waals surface area contributed by atoms with E-state index in [0.717, 1.165) is 47.4 Å². The lowest BCUT2D eigenvalue weighted by atomic mass is 10.0. The number of anilines is 1. The van der Waals surface area contributed by atoms with E-state index in [1.54, 1.807) is 12.1 Å². The van der Waals surface area contributed by atoms with E-state index in [9.17, 15) is 9.90 Å². The molecule has 0 spiro atoms. The number of phenols is 1. The highest BCUT2D eigenvalue weighted by Gasteiger charge is 2.13. The van der Waals surface area contributed by atoms with Crippen LogP contribution in [-0.4, -0.2) is 5.11 Å². The van der Waals surface area contributed by atoms with Gasteiger partial charge in [0.05, 0.1) is 5.56 Å². The van der Waals surface area contributed by atoms with Gasteiger partial charge in [-0.05, 0) is 66.9 Å². The summed E-state index contributed by atoms with van der Waals surface area (Å²) in [5.74, 6) is 1.61. The SMILES string of the molecule is CCCCc1cc(=O)oc2c(CNc3ccc(Oc4ccccc4)cc3)c(O)ccc12.Cl. The number of aromatic hydroxyl groups is 1. The lowest BCUT2D eigenvalue weighted by Crippen LogP contribution is -2.05. The van der Waals surface area contributed by atoms with Crippen molar-refractivity contribution in [2.45, 2.75) is 32.7 Å². The number of ether oxygens (including phenoxy) is 1. The number of para-hydroxylation sites is 1. The summed E-state index contributed by atoms with van der Waals surface area (Å²) in [5.41, 5.74) is 2.43. The first kappa shape index (κ1) is 23.2. The molecular weight excluding hydrogens is 426 g/mol. The molecule has 1 aromatic heterocycles. The van der Waals surface area contributed by atoms with Crippen LogP contribution in [0.2, 0.25) is 0 Å². The van der Waals surface area contributed by atoms with Crippen molar-refractivity contribution in [1.82, 2.24) is 0 Å². The maximum absolute atomic E-state index is 12.1. The molecule has 4 rings (SSSR count). The van der Waals surface area contributed by atoms with Gasteiger partial charge in [-0.15, -0.1) is 12.4 Å². The van der Waals surface area contributed by atoms with E-state index >= 15 is 0 Å². The molecule has 166 valence electrons. The average Bonchev–Trinajstić information content (AvgIpc) is 2.78. The largest absolute Gasteiger partial charge is 0.507 e. The van der Waals surface area contributed by atoms with Crippen LogP contribution in [-0.2, 0) is 13.0 Å². The zero-order valence-corrected chi connectivity index (χ0v) is 18.7. The molecule has 0 saturated heterocycles. The number of fused-ring (bicyclic) bond motifs is 1. The maximum Gasteiger partial charge on any atom is 0.336 e. The van der Waals surface area contributed by atoms with Crippen molar-refractivity contribution in [2.24, 2.45) is 0 Å². The fourth-order valence-electron chi connectivity index (χ4n) is 3.54. The lowest BCUT2D eigenvalue weighted by molar-refractivity contribution is 0.466. The third-order valence-electron chi connectivity index (χ3n) is 5.18. The Kier molecular flexibility index (Phi) is 7.79.